The zero-order chi connectivity index (χ0) is 16.0. The molecule has 1 aromatic rings. The highest BCUT2D eigenvalue weighted by atomic mass is 32.2. The molecule has 21 heavy (non-hydrogen) atoms. The van der Waals surface area contributed by atoms with Crippen molar-refractivity contribution < 1.29 is 13.2 Å². The maximum atomic E-state index is 12.6. The minimum absolute atomic E-state index is 0.153. The van der Waals surface area contributed by atoms with Crippen LogP contribution in [-0.4, -0.2) is 34.2 Å². The van der Waals surface area contributed by atoms with Gasteiger partial charge in [0.15, 0.2) is 0 Å². The molecule has 0 saturated heterocycles. The van der Waals surface area contributed by atoms with E-state index in [4.69, 9.17) is 4.74 Å². The van der Waals surface area contributed by atoms with Gasteiger partial charge in [0.25, 0.3) is 0 Å². The van der Waals surface area contributed by atoms with Gasteiger partial charge < -0.3 is 10.1 Å². The molecule has 0 bridgehead atoms. The molecule has 0 saturated carbocycles. The van der Waals surface area contributed by atoms with Crippen LogP contribution in [-0.2, 0) is 21.3 Å². The van der Waals surface area contributed by atoms with Crippen LogP contribution in [0.5, 0.6) is 0 Å². The molecule has 0 aromatic carbocycles. The molecule has 0 radical (unpaired) electrons. The van der Waals surface area contributed by atoms with Crippen molar-refractivity contribution in [2.45, 2.75) is 57.6 Å². The van der Waals surface area contributed by atoms with Gasteiger partial charge in [-0.05, 0) is 31.2 Å². The van der Waals surface area contributed by atoms with Crippen LogP contribution in [0.4, 0.5) is 0 Å². The van der Waals surface area contributed by atoms with Crippen molar-refractivity contribution >= 4 is 21.4 Å². The Morgan fingerprint density at radius 2 is 2.00 bits per heavy atom. The van der Waals surface area contributed by atoms with E-state index < -0.39 is 10.0 Å². The molecule has 0 aliphatic heterocycles. The Kier molecular flexibility index (Phi) is 7.29. The second-order valence-electron chi connectivity index (χ2n) is 5.51. The van der Waals surface area contributed by atoms with Crippen LogP contribution in [0.2, 0.25) is 0 Å². The van der Waals surface area contributed by atoms with Gasteiger partial charge in [0.05, 0.1) is 0 Å². The number of rotatable bonds is 9. The molecule has 0 spiro atoms. The molecule has 2 N–H and O–H groups in total. The highest BCUT2D eigenvalue weighted by Gasteiger charge is 2.24. The fourth-order valence-electron chi connectivity index (χ4n) is 1.94. The van der Waals surface area contributed by atoms with Crippen molar-refractivity contribution in [3.63, 3.8) is 0 Å². The number of sulfonamides is 1. The third kappa shape index (κ3) is 5.67. The largest absolute Gasteiger partial charge is 0.385 e. The van der Waals surface area contributed by atoms with E-state index >= 15 is 0 Å². The molecule has 0 fully saturated rings. The van der Waals surface area contributed by atoms with Crippen molar-refractivity contribution in [2.75, 3.05) is 13.7 Å². The SMILES string of the molecule is COCCC(C)NS(=O)(=O)c1c(C)csc1CNC(C)C. The van der Waals surface area contributed by atoms with E-state index in [9.17, 15) is 8.42 Å². The lowest BCUT2D eigenvalue weighted by molar-refractivity contribution is 0.188. The van der Waals surface area contributed by atoms with E-state index in [2.05, 4.69) is 10.0 Å². The highest BCUT2D eigenvalue weighted by Crippen LogP contribution is 2.27. The Labute approximate surface area is 132 Å². The Balaban J connectivity index is 2.89. The van der Waals surface area contributed by atoms with Crippen LogP contribution in [0.3, 0.4) is 0 Å². The number of thiophene rings is 1. The Hall–Kier alpha value is -0.470. The number of hydrogen-bond donors (Lipinski definition) is 2. The van der Waals surface area contributed by atoms with E-state index in [1.54, 1.807) is 7.11 Å². The Morgan fingerprint density at radius 1 is 1.33 bits per heavy atom. The summed E-state index contributed by atoms with van der Waals surface area (Å²) >= 11 is 1.48. The van der Waals surface area contributed by atoms with Crippen LogP contribution < -0.4 is 10.0 Å². The average Bonchev–Trinajstić information content (AvgIpc) is 2.75. The summed E-state index contributed by atoms with van der Waals surface area (Å²) in [6.45, 7) is 8.88. The quantitative estimate of drug-likeness (QED) is 0.727. The zero-order valence-electron chi connectivity index (χ0n) is 13.4. The summed E-state index contributed by atoms with van der Waals surface area (Å²) in [4.78, 5) is 1.28. The summed E-state index contributed by atoms with van der Waals surface area (Å²) in [7, 11) is -1.88. The van der Waals surface area contributed by atoms with Gasteiger partial charge in [-0.1, -0.05) is 13.8 Å². The number of hydrogen-bond acceptors (Lipinski definition) is 5. The maximum absolute atomic E-state index is 12.6. The van der Waals surface area contributed by atoms with Gasteiger partial charge in [-0.3, -0.25) is 0 Å². The molecule has 1 aromatic heterocycles. The minimum Gasteiger partial charge on any atom is -0.385 e. The van der Waals surface area contributed by atoms with Gasteiger partial charge in [-0.15, -0.1) is 11.3 Å². The number of methoxy groups -OCH3 is 1. The molecule has 1 atom stereocenters. The van der Waals surface area contributed by atoms with Crippen molar-refractivity contribution in [3.05, 3.63) is 15.8 Å². The number of ether oxygens (including phenoxy) is 1. The summed E-state index contributed by atoms with van der Waals surface area (Å²) in [5.41, 5.74) is 0.798. The third-order valence-corrected chi connectivity index (χ3v) is 6.09. The summed E-state index contributed by atoms with van der Waals surface area (Å²) in [6.07, 6.45) is 0.651. The first-order chi connectivity index (χ1) is 9.77. The first-order valence-electron chi connectivity index (χ1n) is 7.09. The Bertz CT molecular complexity index is 538. The molecule has 1 heterocycles. The fraction of sp³-hybridized carbons (Fsp3) is 0.714. The number of aryl methyl sites for hydroxylation is 1. The monoisotopic (exact) mass is 334 g/mol. The van der Waals surface area contributed by atoms with Crippen molar-refractivity contribution in [3.8, 4) is 0 Å². The third-order valence-electron chi connectivity index (χ3n) is 3.04. The molecule has 1 unspecified atom stereocenters. The normalized spacial score (nSPS) is 13.8. The molecule has 1 rings (SSSR count). The summed E-state index contributed by atoms with van der Waals surface area (Å²) < 4.78 is 32.9. The predicted molar refractivity (Wildman–Crippen MR) is 87.3 cm³/mol. The maximum Gasteiger partial charge on any atom is 0.242 e. The molecule has 0 amide bonds. The fourth-order valence-corrected chi connectivity index (χ4v) is 4.98. The molecule has 5 nitrogen and oxygen atoms in total. The molecule has 7 heteroatoms. The van der Waals surface area contributed by atoms with Crippen LogP contribution >= 0.6 is 11.3 Å². The Morgan fingerprint density at radius 3 is 2.57 bits per heavy atom. The minimum atomic E-state index is -3.49. The van der Waals surface area contributed by atoms with Gasteiger partial charge >= 0.3 is 0 Å². The van der Waals surface area contributed by atoms with Crippen molar-refractivity contribution in [1.82, 2.24) is 10.0 Å². The average molecular weight is 335 g/mol. The summed E-state index contributed by atoms with van der Waals surface area (Å²) in [6, 6.07) is 0.164. The molecule has 122 valence electrons. The van der Waals surface area contributed by atoms with Gasteiger partial charge in [0, 0.05) is 37.2 Å². The lowest BCUT2D eigenvalue weighted by Gasteiger charge is -2.15. The topological polar surface area (TPSA) is 67.4 Å². The first kappa shape index (κ1) is 18.6. The van der Waals surface area contributed by atoms with Crippen LogP contribution in [0.15, 0.2) is 10.3 Å². The summed E-state index contributed by atoms with van der Waals surface area (Å²) in [5.74, 6) is 0. The van der Waals surface area contributed by atoms with E-state index in [0.717, 1.165) is 10.4 Å². The van der Waals surface area contributed by atoms with Crippen LogP contribution in [0.1, 0.15) is 37.6 Å². The van der Waals surface area contributed by atoms with E-state index in [1.807, 2.05) is 33.1 Å². The zero-order valence-corrected chi connectivity index (χ0v) is 15.0. The lowest BCUT2D eigenvalue weighted by Crippen LogP contribution is -2.34. The smallest absolute Gasteiger partial charge is 0.242 e. The standard InChI is InChI=1S/C14H26N2O3S2/c1-10(2)15-8-13-14(11(3)9-20-13)21(17,18)16-12(4)6-7-19-5/h9-10,12,15-16H,6-8H2,1-5H3. The van der Waals surface area contributed by atoms with Crippen molar-refractivity contribution in [1.29, 1.82) is 0 Å². The molecule has 0 aliphatic carbocycles. The molecule has 0 aliphatic rings. The van der Waals surface area contributed by atoms with E-state index in [1.165, 1.54) is 11.3 Å². The lowest BCUT2D eigenvalue weighted by atomic mass is 10.3. The van der Waals surface area contributed by atoms with Crippen molar-refractivity contribution in [2.24, 2.45) is 0 Å². The molecular formula is C14H26N2O3S2. The molecular weight excluding hydrogens is 308 g/mol. The predicted octanol–water partition coefficient (Wildman–Crippen LogP) is 2.26. The second kappa shape index (κ2) is 8.24. The van der Waals surface area contributed by atoms with E-state index in [-0.39, 0.29) is 6.04 Å². The highest BCUT2D eigenvalue weighted by molar-refractivity contribution is 7.89. The van der Waals surface area contributed by atoms with Crippen LogP contribution in [0, 0.1) is 6.92 Å². The first-order valence-corrected chi connectivity index (χ1v) is 9.45. The van der Waals surface area contributed by atoms with Crippen LogP contribution in [0.25, 0.3) is 0 Å². The number of nitrogens with one attached hydrogen (secondary N) is 2. The van der Waals surface area contributed by atoms with Gasteiger partial charge in [-0.25, -0.2) is 13.1 Å². The van der Waals surface area contributed by atoms with Gasteiger partial charge in [-0.2, -0.15) is 0 Å². The summed E-state index contributed by atoms with van der Waals surface area (Å²) in [5, 5.41) is 5.17. The second-order valence-corrected chi connectivity index (χ2v) is 8.13. The van der Waals surface area contributed by atoms with Gasteiger partial charge in [0.2, 0.25) is 10.0 Å². The van der Waals surface area contributed by atoms with E-state index in [0.29, 0.717) is 30.5 Å². The van der Waals surface area contributed by atoms with Gasteiger partial charge in [0.1, 0.15) is 4.90 Å².